The zero-order valence-electron chi connectivity index (χ0n) is 16.0. The molecule has 0 bridgehead atoms. The molecule has 146 valence electrons. The van der Waals surface area contributed by atoms with E-state index >= 15 is 0 Å². The van der Waals surface area contributed by atoms with Crippen molar-refractivity contribution in [1.82, 2.24) is 9.38 Å². The van der Waals surface area contributed by atoms with Crippen LogP contribution in [-0.4, -0.2) is 28.3 Å². The number of fused-ring (bicyclic) bond motifs is 2. The van der Waals surface area contributed by atoms with Gasteiger partial charge in [0.15, 0.2) is 5.82 Å². The highest BCUT2D eigenvalue weighted by Crippen LogP contribution is 2.40. The molecule has 1 amide bonds. The molecule has 3 aromatic rings. The van der Waals surface area contributed by atoms with E-state index in [-0.39, 0.29) is 8.10 Å². The number of imidazole rings is 1. The fraction of sp³-hybridized carbons (Fsp3) is 0.300. The lowest BCUT2D eigenvalue weighted by atomic mass is 10.0. The van der Waals surface area contributed by atoms with Gasteiger partial charge in [-0.2, -0.15) is 0 Å². The summed E-state index contributed by atoms with van der Waals surface area (Å²) in [6.45, 7) is 7.37. The Morgan fingerprint density at radius 1 is 1.33 bits per heavy atom. The molecule has 0 atom stereocenters. The van der Waals surface area contributed by atoms with Crippen molar-refractivity contribution >= 4 is 35.3 Å². The van der Waals surface area contributed by atoms with Crippen molar-refractivity contribution in [3.05, 3.63) is 42.2 Å². The van der Waals surface area contributed by atoms with Gasteiger partial charge in [-0.15, -0.1) is 11.8 Å². The average molecular weight is 391 g/mol. The minimum absolute atomic E-state index is 0. The standard InChI is InChI=1S/C16H14N4OS.C2H5F.C2H6.H2/c1-10-12(3-4-13-16(10)22-9-18-13)11-2-5-15-19-14(17-8-21)7-20(15)6-11;1-2-3;1-2;/h2-8,18H,9H2,1H3,(H,17,21);2H2,1H3;1-2H3;1H. The second-order valence-electron chi connectivity index (χ2n) is 5.42. The Labute approximate surface area is 164 Å². The molecule has 1 aromatic carbocycles. The van der Waals surface area contributed by atoms with E-state index in [9.17, 15) is 9.18 Å². The molecule has 0 unspecified atom stereocenters. The number of aromatic nitrogens is 2. The van der Waals surface area contributed by atoms with Gasteiger partial charge in [-0.05, 0) is 48.7 Å². The van der Waals surface area contributed by atoms with E-state index in [1.54, 1.807) is 0 Å². The number of thioether (sulfide) groups is 1. The normalized spacial score (nSPS) is 11.4. The van der Waals surface area contributed by atoms with Crippen LogP contribution in [0.3, 0.4) is 0 Å². The first-order valence-electron chi connectivity index (χ1n) is 8.93. The van der Waals surface area contributed by atoms with Gasteiger partial charge in [0.05, 0.1) is 18.7 Å². The number of alkyl halides is 1. The molecule has 1 aliphatic heterocycles. The van der Waals surface area contributed by atoms with E-state index in [1.807, 2.05) is 48.5 Å². The maximum atomic E-state index is 10.5. The fourth-order valence-electron chi connectivity index (χ4n) is 2.80. The minimum atomic E-state index is -0.250. The molecule has 7 heteroatoms. The van der Waals surface area contributed by atoms with Crippen molar-refractivity contribution in [3.63, 3.8) is 0 Å². The van der Waals surface area contributed by atoms with Crippen LogP contribution in [0.15, 0.2) is 41.6 Å². The van der Waals surface area contributed by atoms with Crippen molar-refractivity contribution in [1.29, 1.82) is 0 Å². The van der Waals surface area contributed by atoms with Gasteiger partial charge in [-0.1, -0.05) is 19.9 Å². The van der Waals surface area contributed by atoms with Crippen LogP contribution in [0.4, 0.5) is 15.9 Å². The number of carbonyl (C=O) groups excluding carboxylic acids is 1. The monoisotopic (exact) mass is 390 g/mol. The van der Waals surface area contributed by atoms with E-state index in [2.05, 4.69) is 40.7 Å². The largest absolute Gasteiger partial charge is 0.375 e. The molecular formula is C20H27FN4OS. The Balaban J connectivity index is 0.000000600. The Morgan fingerprint density at radius 3 is 2.78 bits per heavy atom. The Hall–Kier alpha value is -2.54. The number of benzene rings is 1. The number of anilines is 2. The molecule has 0 spiro atoms. The highest BCUT2D eigenvalue weighted by atomic mass is 32.2. The first-order chi connectivity index (χ1) is 13.2. The molecule has 0 saturated carbocycles. The zero-order valence-corrected chi connectivity index (χ0v) is 16.9. The minimum Gasteiger partial charge on any atom is -0.375 e. The molecule has 3 heterocycles. The predicted molar refractivity (Wildman–Crippen MR) is 115 cm³/mol. The van der Waals surface area contributed by atoms with Gasteiger partial charge in [0, 0.05) is 18.2 Å². The lowest BCUT2D eigenvalue weighted by Gasteiger charge is -2.10. The quantitative estimate of drug-likeness (QED) is 0.572. The third kappa shape index (κ3) is 4.60. The Bertz CT molecular complexity index is 917. The molecule has 0 fully saturated rings. The zero-order chi connectivity index (χ0) is 19.8. The van der Waals surface area contributed by atoms with Crippen LogP contribution < -0.4 is 10.6 Å². The summed E-state index contributed by atoms with van der Waals surface area (Å²) < 4.78 is 12.2. The van der Waals surface area contributed by atoms with E-state index in [0.717, 1.165) is 17.1 Å². The Kier molecular flexibility index (Phi) is 7.67. The van der Waals surface area contributed by atoms with Gasteiger partial charge in [0.1, 0.15) is 5.65 Å². The number of pyridine rings is 1. The molecule has 0 radical (unpaired) electrons. The molecular weight excluding hydrogens is 363 g/mol. The molecule has 4 rings (SSSR count). The second-order valence-corrected chi connectivity index (χ2v) is 6.40. The summed E-state index contributed by atoms with van der Waals surface area (Å²) in [6, 6.07) is 8.31. The van der Waals surface area contributed by atoms with Crippen LogP contribution in [-0.2, 0) is 4.79 Å². The average Bonchev–Trinajstić information content (AvgIpc) is 3.31. The molecule has 27 heavy (non-hydrogen) atoms. The Morgan fingerprint density at radius 2 is 2.07 bits per heavy atom. The number of carbonyl (C=O) groups is 1. The maximum absolute atomic E-state index is 10.5. The number of nitrogens with zero attached hydrogens (tertiary/aromatic N) is 2. The number of amides is 1. The van der Waals surface area contributed by atoms with E-state index in [1.165, 1.54) is 28.6 Å². The highest BCUT2D eigenvalue weighted by Gasteiger charge is 2.16. The van der Waals surface area contributed by atoms with E-state index < -0.39 is 0 Å². The molecule has 5 nitrogen and oxygen atoms in total. The lowest BCUT2D eigenvalue weighted by molar-refractivity contribution is -0.105. The van der Waals surface area contributed by atoms with Crippen molar-refractivity contribution in [3.8, 4) is 11.1 Å². The predicted octanol–water partition coefficient (Wildman–Crippen LogP) is 5.60. The molecule has 2 aromatic heterocycles. The summed E-state index contributed by atoms with van der Waals surface area (Å²) in [5.41, 5.74) is 5.67. The topological polar surface area (TPSA) is 58.4 Å². The SMILES string of the molecule is CC.CCF.Cc1c(-c2ccc3nc(NC=O)cn3c2)ccc2c1SCN2.[HH]. The van der Waals surface area contributed by atoms with Crippen LogP contribution in [0.2, 0.25) is 0 Å². The first-order valence-corrected chi connectivity index (χ1v) is 9.92. The maximum Gasteiger partial charge on any atom is 0.212 e. The highest BCUT2D eigenvalue weighted by molar-refractivity contribution is 8.00. The van der Waals surface area contributed by atoms with Crippen molar-refractivity contribution in [2.75, 3.05) is 23.2 Å². The van der Waals surface area contributed by atoms with Gasteiger partial charge in [-0.25, -0.2) is 4.98 Å². The second kappa shape index (κ2) is 9.97. The van der Waals surface area contributed by atoms with E-state index in [0.29, 0.717) is 12.2 Å². The molecule has 1 aliphatic rings. The summed E-state index contributed by atoms with van der Waals surface area (Å²) in [5.74, 6) is 1.48. The van der Waals surface area contributed by atoms with Crippen LogP contribution in [0.1, 0.15) is 27.8 Å². The third-order valence-electron chi connectivity index (χ3n) is 3.85. The van der Waals surface area contributed by atoms with Gasteiger partial charge in [-0.3, -0.25) is 9.18 Å². The van der Waals surface area contributed by atoms with Crippen LogP contribution in [0.25, 0.3) is 16.8 Å². The number of nitrogens with one attached hydrogen (secondary N) is 2. The van der Waals surface area contributed by atoms with Crippen molar-refractivity contribution < 1.29 is 10.6 Å². The van der Waals surface area contributed by atoms with Gasteiger partial charge in [0.2, 0.25) is 6.41 Å². The van der Waals surface area contributed by atoms with Crippen LogP contribution >= 0.6 is 11.8 Å². The number of hydrogen-bond donors (Lipinski definition) is 2. The molecule has 0 aliphatic carbocycles. The van der Waals surface area contributed by atoms with Crippen LogP contribution in [0, 0.1) is 6.92 Å². The smallest absolute Gasteiger partial charge is 0.212 e. The first kappa shape index (κ1) is 20.8. The lowest BCUT2D eigenvalue weighted by Crippen LogP contribution is -1.92. The fourth-order valence-corrected chi connectivity index (χ4v) is 3.79. The number of rotatable bonds is 3. The number of hydrogen-bond acceptors (Lipinski definition) is 4. The molecule has 2 N–H and O–H groups in total. The third-order valence-corrected chi connectivity index (χ3v) is 4.96. The summed E-state index contributed by atoms with van der Waals surface area (Å²) in [7, 11) is 0. The molecule has 0 saturated heterocycles. The van der Waals surface area contributed by atoms with Gasteiger partial charge in [0.25, 0.3) is 0 Å². The summed E-state index contributed by atoms with van der Waals surface area (Å²) in [5, 5.41) is 5.95. The summed E-state index contributed by atoms with van der Waals surface area (Å²) in [6.07, 6.45) is 4.49. The summed E-state index contributed by atoms with van der Waals surface area (Å²) >= 11 is 1.84. The van der Waals surface area contributed by atoms with E-state index in [4.69, 9.17) is 0 Å². The van der Waals surface area contributed by atoms with Gasteiger partial charge >= 0.3 is 0 Å². The van der Waals surface area contributed by atoms with Crippen molar-refractivity contribution in [2.45, 2.75) is 32.6 Å². The number of halogens is 1. The van der Waals surface area contributed by atoms with Gasteiger partial charge < -0.3 is 15.0 Å². The summed E-state index contributed by atoms with van der Waals surface area (Å²) in [4.78, 5) is 16.2. The van der Waals surface area contributed by atoms with Crippen LogP contribution in [0.5, 0.6) is 0 Å². The van der Waals surface area contributed by atoms with Crippen molar-refractivity contribution in [2.24, 2.45) is 0 Å².